The fourth-order valence-electron chi connectivity index (χ4n) is 2.89. The largest absolute Gasteiger partial charge is 0.465 e. The van der Waals surface area contributed by atoms with Gasteiger partial charge in [0.15, 0.2) is 5.79 Å². The van der Waals surface area contributed by atoms with Crippen molar-refractivity contribution in [3.8, 4) is 0 Å². The Morgan fingerprint density at radius 1 is 1.32 bits per heavy atom. The van der Waals surface area contributed by atoms with E-state index in [0.29, 0.717) is 6.42 Å². The van der Waals surface area contributed by atoms with Crippen LogP contribution in [0, 0.1) is 11.3 Å². The predicted molar refractivity (Wildman–Crippen MR) is 84.3 cm³/mol. The molecule has 22 heavy (non-hydrogen) atoms. The Morgan fingerprint density at radius 3 is 2.32 bits per heavy atom. The zero-order valence-corrected chi connectivity index (χ0v) is 15.2. The number of hydrogen-bond donors (Lipinski definition) is 1. The van der Waals surface area contributed by atoms with Crippen molar-refractivity contribution in [1.82, 2.24) is 0 Å². The molecule has 0 amide bonds. The lowest BCUT2D eigenvalue weighted by molar-refractivity contribution is -0.179. The second kappa shape index (κ2) is 6.46. The topological polar surface area (TPSA) is 65.0 Å². The molecule has 0 aromatic heterocycles. The smallest absolute Gasteiger partial charge is 0.311 e. The number of aliphatic hydroxyl groups excluding tert-OH is 1. The maximum atomic E-state index is 11.9. The van der Waals surface area contributed by atoms with Crippen LogP contribution in [0.15, 0.2) is 0 Å². The Kier molecular flexibility index (Phi) is 5.69. The van der Waals surface area contributed by atoms with Crippen LogP contribution in [0.4, 0.5) is 0 Å². The SMILES string of the molecule is CCC(O)C1(C)OC(C)(C)OC1C(C)COC(=O)C(C)(C)C. The molecule has 0 spiro atoms. The third-order valence-electron chi connectivity index (χ3n) is 4.10. The second-order valence-electron chi connectivity index (χ2n) is 7.97. The Hall–Kier alpha value is -0.650. The molecule has 4 unspecified atom stereocenters. The van der Waals surface area contributed by atoms with Crippen LogP contribution >= 0.6 is 0 Å². The van der Waals surface area contributed by atoms with Crippen molar-refractivity contribution in [2.75, 3.05) is 6.61 Å². The molecule has 0 aromatic rings. The average Bonchev–Trinajstić information content (AvgIpc) is 2.64. The summed E-state index contributed by atoms with van der Waals surface area (Å²) in [5.74, 6) is -1.09. The van der Waals surface area contributed by atoms with Crippen molar-refractivity contribution in [2.45, 2.75) is 85.4 Å². The Balaban J connectivity index is 2.81. The molecule has 1 saturated heterocycles. The van der Waals surface area contributed by atoms with Crippen molar-refractivity contribution >= 4 is 5.97 Å². The number of hydrogen-bond acceptors (Lipinski definition) is 5. The molecule has 1 fully saturated rings. The summed E-state index contributed by atoms with van der Waals surface area (Å²) in [7, 11) is 0. The number of carbonyl (C=O) groups is 1. The first-order valence-corrected chi connectivity index (χ1v) is 8.06. The average molecular weight is 316 g/mol. The van der Waals surface area contributed by atoms with Crippen LogP contribution in [-0.2, 0) is 19.0 Å². The highest BCUT2D eigenvalue weighted by Gasteiger charge is 2.55. The van der Waals surface area contributed by atoms with E-state index in [0.717, 1.165) is 0 Å². The first kappa shape index (κ1) is 19.4. The van der Waals surface area contributed by atoms with Gasteiger partial charge in [0.05, 0.1) is 24.2 Å². The summed E-state index contributed by atoms with van der Waals surface area (Å²) in [6.45, 7) is 15.1. The van der Waals surface area contributed by atoms with Crippen LogP contribution in [0.3, 0.4) is 0 Å². The highest BCUT2D eigenvalue weighted by atomic mass is 16.8. The van der Waals surface area contributed by atoms with Gasteiger partial charge < -0.3 is 19.3 Å². The highest BCUT2D eigenvalue weighted by Crippen LogP contribution is 2.42. The third kappa shape index (κ3) is 4.21. The Bertz CT molecular complexity index is 398. The van der Waals surface area contributed by atoms with Gasteiger partial charge in [-0.25, -0.2) is 0 Å². The van der Waals surface area contributed by atoms with Crippen molar-refractivity contribution in [1.29, 1.82) is 0 Å². The van der Waals surface area contributed by atoms with E-state index >= 15 is 0 Å². The van der Waals surface area contributed by atoms with Gasteiger partial charge in [0.2, 0.25) is 0 Å². The van der Waals surface area contributed by atoms with Crippen LogP contribution in [0.2, 0.25) is 0 Å². The summed E-state index contributed by atoms with van der Waals surface area (Å²) >= 11 is 0. The van der Waals surface area contributed by atoms with Gasteiger partial charge in [-0.1, -0.05) is 13.8 Å². The maximum Gasteiger partial charge on any atom is 0.311 e. The normalized spacial score (nSPS) is 30.9. The van der Waals surface area contributed by atoms with E-state index in [2.05, 4.69) is 0 Å². The van der Waals surface area contributed by atoms with Crippen LogP contribution in [0.25, 0.3) is 0 Å². The molecule has 5 heteroatoms. The fraction of sp³-hybridized carbons (Fsp3) is 0.941. The van der Waals surface area contributed by atoms with Crippen LogP contribution in [0.5, 0.6) is 0 Å². The molecular formula is C17H32O5. The number of carbonyl (C=O) groups excluding carboxylic acids is 1. The van der Waals surface area contributed by atoms with Gasteiger partial charge in [-0.2, -0.15) is 0 Å². The molecule has 0 bridgehead atoms. The van der Waals surface area contributed by atoms with Gasteiger partial charge >= 0.3 is 5.97 Å². The summed E-state index contributed by atoms with van der Waals surface area (Å²) in [6, 6.07) is 0. The standard InChI is InChI=1S/C17H32O5/c1-9-12(18)17(8)13(21-16(6,7)22-17)11(2)10-20-14(19)15(3,4)5/h11-13,18H,9-10H2,1-8H3. The van der Waals surface area contributed by atoms with Crippen molar-refractivity contribution in [3.05, 3.63) is 0 Å². The molecule has 1 aliphatic heterocycles. The van der Waals surface area contributed by atoms with Gasteiger partial charge in [0, 0.05) is 5.92 Å². The zero-order valence-electron chi connectivity index (χ0n) is 15.2. The molecule has 1 rings (SSSR count). The van der Waals surface area contributed by atoms with Crippen molar-refractivity contribution in [3.63, 3.8) is 0 Å². The first-order valence-electron chi connectivity index (χ1n) is 8.06. The lowest BCUT2D eigenvalue weighted by Crippen LogP contribution is -2.51. The lowest BCUT2D eigenvalue weighted by atomic mass is 9.84. The van der Waals surface area contributed by atoms with Crippen molar-refractivity contribution in [2.24, 2.45) is 11.3 Å². The van der Waals surface area contributed by atoms with E-state index in [1.165, 1.54) is 0 Å². The summed E-state index contributed by atoms with van der Waals surface area (Å²) in [4.78, 5) is 11.9. The van der Waals surface area contributed by atoms with Crippen LogP contribution in [0.1, 0.15) is 61.8 Å². The highest BCUT2D eigenvalue weighted by molar-refractivity contribution is 5.75. The molecule has 1 N–H and O–H groups in total. The molecule has 0 aromatic carbocycles. The van der Waals surface area contributed by atoms with E-state index in [1.807, 2.05) is 55.4 Å². The molecule has 0 saturated carbocycles. The molecule has 4 atom stereocenters. The lowest BCUT2D eigenvalue weighted by Gasteiger charge is -2.36. The summed E-state index contributed by atoms with van der Waals surface area (Å²) in [5.41, 5.74) is -1.34. The predicted octanol–water partition coefficient (Wildman–Crippen LogP) is 2.89. The van der Waals surface area contributed by atoms with Crippen LogP contribution in [-0.4, -0.2) is 41.3 Å². The Labute approximate surface area is 134 Å². The quantitative estimate of drug-likeness (QED) is 0.790. The number of esters is 1. The molecule has 1 aliphatic rings. The third-order valence-corrected chi connectivity index (χ3v) is 4.10. The summed E-state index contributed by atoms with van der Waals surface area (Å²) < 4.78 is 17.4. The minimum Gasteiger partial charge on any atom is -0.465 e. The van der Waals surface area contributed by atoms with Crippen LogP contribution < -0.4 is 0 Å². The second-order valence-corrected chi connectivity index (χ2v) is 7.97. The minimum atomic E-state index is -0.814. The van der Waals surface area contributed by atoms with E-state index in [4.69, 9.17) is 14.2 Å². The van der Waals surface area contributed by atoms with Gasteiger partial charge in [0.25, 0.3) is 0 Å². The van der Waals surface area contributed by atoms with Crippen molar-refractivity contribution < 1.29 is 24.1 Å². The van der Waals surface area contributed by atoms with E-state index in [9.17, 15) is 9.90 Å². The number of rotatable bonds is 5. The zero-order chi connectivity index (χ0) is 17.3. The van der Waals surface area contributed by atoms with Gasteiger partial charge in [-0.3, -0.25) is 4.79 Å². The molecular weight excluding hydrogens is 284 g/mol. The Morgan fingerprint density at radius 2 is 1.86 bits per heavy atom. The van der Waals surface area contributed by atoms with Gasteiger partial charge in [-0.05, 0) is 48.0 Å². The van der Waals surface area contributed by atoms with E-state index < -0.39 is 22.9 Å². The minimum absolute atomic E-state index is 0.0840. The van der Waals surface area contributed by atoms with E-state index in [-0.39, 0.29) is 24.6 Å². The number of ether oxygens (including phenoxy) is 3. The van der Waals surface area contributed by atoms with Gasteiger partial charge in [-0.15, -0.1) is 0 Å². The number of aliphatic hydroxyl groups is 1. The fourth-order valence-corrected chi connectivity index (χ4v) is 2.89. The molecule has 130 valence electrons. The molecule has 0 aliphatic carbocycles. The maximum absolute atomic E-state index is 11.9. The summed E-state index contributed by atoms with van der Waals surface area (Å²) in [5, 5.41) is 10.4. The van der Waals surface area contributed by atoms with Gasteiger partial charge in [0.1, 0.15) is 5.60 Å². The summed E-state index contributed by atoms with van der Waals surface area (Å²) in [6.07, 6.45) is -0.411. The monoisotopic (exact) mass is 316 g/mol. The molecule has 1 heterocycles. The molecule has 5 nitrogen and oxygen atoms in total. The first-order chi connectivity index (χ1) is 9.83. The molecule has 0 radical (unpaired) electrons. The van der Waals surface area contributed by atoms with E-state index in [1.54, 1.807) is 0 Å².